The number of benzene rings is 1. The van der Waals surface area contributed by atoms with Gasteiger partial charge in [-0.05, 0) is 24.6 Å². The van der Waals surface area contributed by atoms with E-state index in [1.54, 1.807) is 6.92 Å². The standard InChI is InChI=1S/C12H18FNO3/c1-12(7-15,8-16)14-6-11(17)9-2-4-10(13)5-3-9/h2-5,11,14-17H,6-8H2,1H3. The molecule has 1 aromatic rings. The Morgan fingerprint density at radius 3 is 2.24 bits per heavy atom. The highest BCUT2D eigenvalue weighted by Gasteiger charge is 2.22. The number of nitrogens with one attached hydrogen (secondary N) is 1. The second kappa shape index (κ2) is 6.07. The van der Waals surface area contributed by atoms with Crippen LogP contribution < -0.4 is 5.32 Å². The fourth-order valence-electron chi connectivity index (χ4n) is 1.31. The molecule has 0 saturated heterocycles. The van der Waals surface area contributed by atoms with Crippen molar-refractivity contribution in [1.29, 1.82) is 0 Å². The van der Waals surface area contributed by atoms with Crippen LogP contribution in [0.2, 0.25) is 0 Å². The maximum absolute atomic E-state index is 12.7. The molecule has 0 radical (unpaired) electrons. The molecule has 1 aromatic carbocycles. The summed E-state index contributed by atoms with van der Waals surface area (Å²) in [4.78, 5) is 0. The first-order valence-electron chi connectivity index (χ1n) is 5.41. The average molecular weight is 243 g/mol. The molecule has 4 N–H and O–H groups in total. The minimum atomic E-state index is -0.832. The first-order valence-corrected chi connectivity index (χ1v) is 5.41. The van der Waals surface area contributed by atoms with E-state index < -0.39 is 11.6 Å². The Hall–Kier alpha value is -1.01. The third-order valence-electron chi connectivity index (χ3n) is 2.67. The van der Waals surface area contributed by atoms with Crippen LogP contribution in [0.1, 0.15) is 18.6 Å². The predicted octanol–water partition coefficient (Wildman–Crippen LogP) is 0.192. The van der Waals surface area contributed by atoms with E-state index in [1.807, 2.05) is 0 Å². The molecular weight excluding hydrogens is 225 g/mol. The predicted molar refractivity (Wildman–Crippen MR) is 61.9 cm³/mol. The SMILES string of the molecule is CC(CO)(CO)NCC(O)c1ccc(F)cc1. The summed E-state index contributed by atoms with van der Waals surface area (Å²) in [6, 6.07) is 5.54. The maximum Gasteiger partial charge on any atom is 0.123 e. The number of hydrogen-bond donors (Lipinski definition) is 4. The molecule has 0 amide bonds. The van der Waals surface area contributed by atoms with Crippen LogP contribution in [0.4, 0.5) is 4.39 Å². The number of halogens is 1. The molecule has 0 saturated carbocycles. The van der Waals surface area contributed by atoms with Gasteiger partial charge in [-0.15, -0.1) is 0 Å². The van der Waals surface area contributed by atoms with E-state index in [-0.39, 0.29) is 25.6 Å². The fourth-order valence-corrected chi connectivity index (χ4v) is 1.31. The lowest BCUT2D eigenvalue weighted by molar-refractivity contribution is 0.0846. The second-order valence-electron chi connectivity index (χ2n) is 4.33. The number of hydrogen-bond acceptors (Lipinski definition) is 4. The van der Waals surface area contributed by atoms with Crippen molar-refractivity contribution in [3.05, 3.63) is 35.6 Å². The van der Waals surface area contributed by atoms with Gasteiger partial charge in [-0.1, -0.05) is 12.1 Å². The van der Waals surface area contributed by atoms with Crippen molar-refractivity contribution in [3.8, 4) is 0 Å². The normalized spacial score (nSPS) is 13.7. The highest BCUT2D eigenvalue weighted by Crippen LogP contribution is 2.13. The van der Waals surface area contributed by atoms with Crippen LogP contribution in [-0.2, 0) is 0 Å². The van der Waals surface area contributed by atoms with Crippen LogP contribution in [0, 0.1) is 5.82 Å². The number of aliphatic hydroxyl groups is 3. The Kier molecular flexibility index (Phi) is 5.02. The van der Waals surface area contributed by atoms with E-state index in [9.17, 15) is 9.50 Å². The molecule has 1 unspecified atom stereocenters. The van der Waals surface area contributed by atoms with Crippen molar-refractivity contribution in [1.82, 2.24) is 5.32 Å². The molecule has 4 nitrogen and oxygen atoms in total. The van der Waals surface area contributed by atoms with Gasteiger partial charge in [0.2, 0.25) is 0 Å². The smallest absolute Gasteiger partial charge is 0.123 e. The van der Waals surface area contributed by atoms with Gasteiger partial charge in [-0.3, -0.25) is 0 Å². The van der Waals surface area contributed by atoms with Crippen molar-refractivity contribution in [3.63, 3.8) is 0 Å². The van der Waals surface area contributed by atoms with Gasteiger partial charge < -0.3 is 20.6 Å². The molecule has 96 valence electrons. The largest absolute Gasteiger partial charge is 0.394 e. The van der Waals surface area contributed by atoms with Crippen molar-refractivity contribution in [2.24, 2.45) is 0 Å². The fraction of sp³-hybridized carbons (Fsp3) is 0.500. The molecule has 0 aromatic heterocycles. The molecule has 1 atom stereocenters. The summed E-state index contributed by atoms with van der Waals surface area (Å²) in [5.41, 5.74) is -0.252. The van der Waals surface area contributed by atoms with Crippen LogP contribution in [-0.4, -0.2) is 40.6 Å². The molecule has 0 aliphatic rings. The van der Waals surface area contributed by atoms with Gasteiger partial charge in [0, 0.05) is 6.54 Å². The van der Waals surface area contributed by atoms with Crippen LogP contribution in [0.25, 0.3) is 0 Å². The molecule has 0 aliphatic carbocycles. The van der Waals surface area contributed by atoms with Gasteiger partial charge >= 0.3 is 0 Å². The molecule has 17 heavy (non-hydrogen) atoms. The molecule has 1 rings (SSSR count). The first-order chi connectivity index (χ1) is 8.00. The van der Waals surface area contributed by atoms with Crippen molar-refractivity contribution in [2.75, 3.05) is 19.8 Å². The Morgan fingerprint density at radius 2 is 1.76 bits per heavy atom. The van der Waals surface area contributed by atoms with E-state index in [0.29, 0.717) is 5.56 Å². The Bertz CT molecular complexity index is 338. The summed E-state index contributed by atoms with van der Waals surface area (Å²) in [6.07, 6.45) is -0.812. The number of rotatable bonds is 6. The van der Waals surface area contributed by atoms with E-state index in [0.717, 1.165) is 0 Å². The van der Waals surface area contributed by atoms with Crippen LogP contribution in [0.3, 0.4) is 0 Å². The zero-order valence-electron chi connectivity index (χ0n) is 9.73. The van der Waals surface area contributed by atoms with Gasteiger partial charge in [0.1, 0.15) is 5.82 Å². The molecular formula is C12H18FNO3. The average Bonchev–Trinajstić information content (AvgIpc) is 2.36. The molecule has 5 heteroatoms. The van der Waals surface area contributed by atoms with E-state index in [4.69, 9.17) is 10.2 Å². The summed E-state index contributed by atoms with van der Waals surface area (Å²) in [5, 5.41) is 30.8. The number of β-amino-alcohol motifs (C(OH)–C–C–N with tert-alkyl or cyclic N) is 1. The minimum Gasteiger partial charge on any atom is -0.394 e. The van der Waals surface area contributed by atoms with Gasteiger partial charge in [0.05, 0.1) is 24.9 Å². The number of aliphatic hydroxyl groups excluding tert-OH is 3. The Labute approximate surface area is 99.7 Å². The Balaban J connectivity index is 2.55. The third-order valence-corrected chi connectivity index (χ3v) is 2.67. The van der Waals surface area contributed by atoms with Gasteiger partial charge in [0.15, 0.2) is 0 Å². The quantitative estimate of drug-likeness (QED) is 0.575. The zero-order valence-corrected chi connectivity index (χ0v) is 9.73. The lowest BCUT2D eigenvalue weighted by Gasteiger charge is -2.27. The zero-order chi connectivity index (χ0) is 12.9. The second-order valence-corrected chi connectivity index (χ2v) is 4.33. The van der Waals surface area contributed by atoms with Crippen LogP contribution >= 0.6 is 0 Å². The summed E-state index contributed by atoms with van der Waals surface area (Å²) >= 11 is 0. The van der Waals surface area contributed by atoms with E-state index >= 15 is 0 Å². The maximum atomic E-state index is 12.7. The Morgan fingerprint density at radius 1 is 1.24 bits per heavy atom. The van der Waals surface area contributed by atoms with Crippen molar-refractivity contribution >= 4 is 0 Å². The molecule has 0 aliphatic heterocycles. The minimum absolute atomic E-state index is 0.170. The van der Waals surface area contributed by atoms with Crippen molar-refractivity contribution in [2.45, 2.75) is 18.6 Å². The molecule has 0 bridgehead atoms. The summed E-state index contributed by atoms with van der Waals surface area (Å²) in [6.45, 7) is 1.34. The summed E-state index contributed by atoms with van der Waals surface area (Å²) in [5.74, 6) is -0.357. The van der Waals surface area contributed by atoms with Gasteiger partial charge in [0.25, 0.3) is 0 Å². The first kappa shape index (κ1) is 14.1. The summed E-state index contributed by atoms with van der Waals surface area (Å²) in [7, 11) is 0. The highest BCUT2D eigenvalue weighted by atomic mass is 19.1. The third kappa shape index (κ3) is 4.05. The van der Waals surface area contributed by atoms with Gasteiger partial charge in [-0.2, -0.15) is 0 Å². The topological polar surface area (TPSA) is 72.7 Å². The van der Waals surface area contributed by atoms with E-state index in [1.165, 1.54) is 24.3 Å². The molecule has 0 heterocycles. The van der Waals surface area contributed by atoms with Gasteiger partial charge in [-0.25, -0.2) is 4.39 Å². The lowest BCUT2D eigenvalue weighted by Crippen LogP contribution is -2.50. The van der Waals surface area contributed by atoms with Crippen LogP contribution in [0.15, 0.2) is 24.3 Å². The van der Waals surface area contributed by atoms with E-state index in [2.05, 4.69) is 5.32 Å². The highest BCUT2D eigenvalue weighted by molar-refractivity contribution is 5.18. The molecule has 0 fully saturated rings. The summed E-state index contributed by atoms with van der Waals surface area (Å²) < 4.78 is 12.7. The van der Waals surface area contributed by atoms with Crippen LogP contribution in [0.5, 0.6) is 0 Å². The van der Waals surface area contributed by atoms with Crippen molar-refractivity contribution < 1.29 is 19.7 Å². The monoisotopic (exact) mass is 243 g/mol. The molecule has 0 spiro atoms. The lowest BCUT2D eigenvalue weighted by atomic mass is 10.0.